The quantitative estimate of drug-likeness (QED) is 0.437. The average molecular weight is 412 g/mol. The molecule has 0 radical (unpaired) electrons. The Morgan fingerprint density at radius 3 is 2.40 bits per heavy atom. The van der Waals surface area contributed by atoms with Crippen LogP contribution in [-0.2, 0) is 38.5 Å². The third-order valence-corrected chi connectivity index (χ3v) is 5.81. The number of benzene rings is 2. The van der Waals surface area contributed by atoms with Crippen molar-refractivity contribution in [1.29, 1.82) is 0 Å². The van der Waals surface area contributed by atoms with E-state index in [1.165, 1.54) is 0 Å². The molecular weight excluding hydrogens is 384 g/mol. The maximum absolute atomic E-state index is 11.9. The molecule has 2 atom stereocenters. The SMILES string of the molecule is COc1c(C)c(CCOCc2ccccc2)c(OC)c2c1C[C@](C)(C=O)[C@@H]2OC=O. The smallest absolute Gasteiger partial charge is 0.293 e. The van der Waals surface area contributed by atoms with Gasteiger partial charge in [0, 0.05) is 16.7 Å². The van der Waals surface area contributed by atoms with E-state index in [2.05, 4.69) is 0 Å². The number of methoxy groups -OCH3 is 2. The molecule has 0 aliphatic heterocycles. The van der Waals surface area contributed by atoms with E-state index in [4.69, 9.17) is 18.9 Å². The summed E-state index contributed by atoms with van der Waals surface area (Å²) < 4.78 is 22.7. The van der Waals surface area contributed by atoms with Gasteiger partial charge < -0.3 is 23.7 Å². The van der Waals surface area contributed by atoms with E-state index in [-0.39, 0.29) is 0 Å². The molecule has 3 rings (SSSR count). The molecule has 0 bridgehead atoms. The summed E-state index contributed by atoms with van der Waals surface area (Å²) in [5.41, 5.74) is 3.65. The van der Waals surface area contributed by atoms with Crippen LogP contribution in [-0.4, -0.2) is 33.6 Å². The normalized spacial score (nSPS) is 19.8. The van der Waals surface area contributed by atoms with Gasteiger partial charge in [0.25, 0.3) is 6.47 Å². The van der Waals surface area contributed by atoms with Gasteiger partial charge in [-0.05, 0) is 37.8 Å². The van der Waals surface area contributed by atoms with Crippen LogP contribution in [0.2, 0.25) is 0 Å². The molecule has 2 aromatic carbocycles. The molecule has 0 spiro atoms. The van der Waals surface area contributed by atoms with Crippen molar-refractivity contribution in [2.24, 2.45) is 5.41 Å². The minimum absolute atomic E-state index is 0.385. The van der Waals surface area contributed by atoms with Crippen molar-refractivity contribution in [2.75, 3.05) is 20.8 Å². The molecule has 0 saturated carbocycles. The Kier molecular flexibility index (Phi) is 6.77. The summed E-state index contributed by atoms with van der Waals surface area (Å²) >= 11 is 0. The summed E-state index contributed by atoms with van der Waals surface area (Å²) in [6.45, 7) is 5.14. The molecule has 0 saturated heterocycles. The van der Waals surface area contributed by atoms with Gasteiger partial charge in [-0.2, -0.15) is 0 Å². The molecule has 2 aromatic rings. The standard InChI is InChI=1S/C24H28O6/c1-16-18(10-11-29-13-17-8-6-5-7-9-17)22(28-4)20-19(21(16)27-3)12-24(2,14-25)23(20)30-15-26/h5-9,14-15,23H,10-13H2,1-4H3/t23-,24-/m1/s1. The highest BCUT2D eigenvalue weighted by Gasteiger charge is 2.48. The number of ether oxygens (including phenoxy) is 4. The minimum Gasteiger partial charge on any atom is -0.496 e. The largest absolute Gasteiger partial charge is 0.496 e. The van der Waals surface area contributed by atoms with E-state index in [0.29, 0.717) is 49.6 Å². The maximum atomic E-state index is 11.9. The summed E-state index contributed by atoms with van der Waals surface area (Å²) in [5.74, 6) is 1.33. The number of rotatable bonds is 10. The number of carbonyl (C=O) groups is 2. The Morgan fingerprint density at radius 2 is 1.80 bits per heavy atom. The molecule has 0 heterocycles. The first-order valence-electron chi connectivity index (χ1n) is 9.94. The fourth-order valence-electron chi connectivity index (χ4n) is 4.34. The molecule has 0 amide bonds. The van der Waals surface area contributed by atoms with Crippen LogP contribution in [0.1, 0.15) is 40.8 Å². The van der Waals surface area contributed by atoms with Crippen molar-refractivity contribution in [3.63, 3.8) is 0 Å². The zero-order chi connectivity index (χ0) is 21.7. The van der Waals surface area contributed by atoms with E-state index >= 15 is 0 Å². The van der Waals surface area contributed by atoms with Gasteiger partial charge in [0.05, 0.1) is 32.8 Å². The second-order valence-electron chi connectivity index (χ2n) is 7.76. The minimum atomic E-state index is -0.876. The molecule has 0 fully saturated rings. The van der Waals surface area contributed by atoms with Gasteiger partial charge in [0.1, 0.15) is 23.9 Å². The lowest BCUT2D eigenvalue weighted by atomic mass is 9.86. The summed E-state index contributed by atoms with van der Waals surface area (Å²) in [7, 11) is 3.20. The van der Waals surface area contributed by atoms with Crippen LogP contribution in [0.15, 0.2) is 30.3 Å². The van der Waals surface area contributed by atoms with Gasteiger partial charge in [0.15, 0.2) is 0 Å². The van der Waals surface area contributed by atoms with Gasteiger partial charge in [-0.1, -0.05) is 30.3 Å². The van der Waals surface area contributed by atoms with E-state index in [1.54, 1.807) is 21.1 Å². The van der Waals surface area contributed by atoms with Gasteiger partial charge in [-0.3, -0.25) is 4.79 Å². The van der Waals surface area contributed by atoms with Gasteiger partial charge in [0.2, 0.25) is 0 Å². The summed E-state index contributed by atoms with van der Waals surface area (Å²) in [4.78, 5) is 23.1. The molecule has 0 unspecified atom stereocenters. The van der Waals surface area contributed by atoms with Crippen LogP contribution >= 0.6 is 0 Å². The van der Waals surface area contributed by atoms with Crippen LogP contribution in [0.25, 0.3) is 0 Å². The van der Waals surface area contributed by atoms with Crippen LogP contribution in [0.5, 0.6) is 11.5 Å². The van der Waals surface area contributed by atoms with Gasteiger partial charge >= 0.3 is 0 Å². The fourth-order valence-corrected chi connectivity index (χ4v) is 4.34. The Morgan fingerprint density at radius 1 is 1.10 bits per heavy atom. The first-order chi connectivity index (χ1) is 14.5. The zero-order valence-corrected chi connectivity index (χ0v) is 17.9. The van der Waals surface area contributed by atoms with Crippen LogP contribution in [0.3, 0.4) is 0 Å². The van der Waals surface area contributed by atoms with E-state index in [9.17, 15) is 9.59 Å². The van der Waals surface area contributed by atoms with E-state index in [1.807, 2.05) is 37.3 Å². The van der Waals surface area contributed by atoms with Gasteiger partial charge in [-0.25, -0.2) is 0 Å². The Labute approximate surface area is 177 Å². The zero-order valence-electron chi connectivity index (χ0n) is 17.9. The summed E-state index contributed by atoms with van der Waals surface area (Å²) in [6, 6.07) is 9.97. The first-order valence-corrected chi connectivity index (χ1v) is 9.94. The van der Waals surface area contributed by atoms with Crippen LogP contribution < -0.4 is 9.47 Å². The van der Waals surface area contributed by atoms with Crippen LogP contribution in [0.4, 0.5) is 0 Å². The maximum Gasteiger partial charge on any atom is 0.293 e. The molecule has 6 nitrogen and oxygen atoms in total. The second-order valence-corrected chi connectivity index (χ2v) is 7.76. The summed E-state index contributed by atoms with van der Waals surface area (Å²) in [6.07, 6.45) is 1.13. The molecule has 30 heavy (non-hydrogen) atoms. The Balaban J connectivity index is 1.94. The highest BCUT2D eigenvalue weighted by molar-refractivity contribution is 5.71. The highest BCUT2D eigenvalue weighted by atomic mass is 16.5. The predicted octanol–water partition coefficient (Wildman–Crippen LogP) is 3.75. The number of hydrogen-bond donors (Lipinski definition) is 0. The Hall–Kier alpha value is -2.86. The monoisotopic (exact) mass is 412 g/mol. The third-order valence-electron chi connectivity index (χ3n) is 5.81. The van der Waals surface area contributed by atoms with Gasteiger partial charge in [-0.15, -0.1) is 0 Å². The van der Waals surface area contributed by atoms with Crippen molar-refractivity contribution in [2.45, 2.75) is 39.4 Å². The van der Waals surface area contributed by atoms with Crippen molar-refractivity contribution < 1.29 is 28.5 Å². The third kappa shape index (κ3) is 3.92. The number of hydrogen-bond acceptors (Lipinski definition) is 6. The van der Waals surface area contributed by atoms with Crippen molar-refractivity contribution in [1.82, 2.24) is 0 Å². The van der Waals surface area contributed by atoms with Crippen molar-refractivity contribution in [3.05, 3.63) is 58.1 Å². The molecular formula is C24H28O6. The molecule has 0 aromatic heterocycles. The average Bonchev–Trinajstić information content (AvgIpc) is 3.05. The Bertz CT molecular complexity index is 908. The first kappa shape index (κ1) is 21.8. The van der Waals surface area contributed by atoms with Crippen molar-refractivity contribution in [3.8, 4) is 11.5 Å². The molecule has 1 aliphatic rings. The molecule has 160 valence electrons. The van der Waals surface area contributed by atoms with Crippen LogP contribution in [0, 0.1) is 12.3 Å². The number of fused-ring (bicyclic) bond motifs is 1. The number of carbonyl (C=O) groups excluding carboxylic acids is 2. The van der Waals surface area contributed by atoms with Crippen molar-refractivity contribution >= 4 is 12.8 Å². The lowest BCUT2D eigenvalue weighted by Gasteiger charge is -2.25. The second kappa shape index (κ2) is 9.30. The summed E-state index contributed by atoms with van der Waals surface area (Å²) in [5, 5.41) is 0. The van der Waals surface area contributed by atoms with E-state index in [0.717, 1.165) is 28.5 Å². The molecule has 6 heteroatoms. The molecule has 0 N–H and O–H groups in total. The topological polar surface area (TPSA) is 71.1 Å². The van der Waals surface area contributed by atoms with E-state index < -0.39 is 11.5 Å². The number of aldehydes is 1. The fraction of sp³-hybridized carbons (Fsp3) is 0.417. The lowest BCUT2D eigenvalue weighted by molar-refractivity contribution is -0.142. The molecule has 1 aliphatic carbocycles. The highest BCUT2D eigenvalue weighted by Crippen LogP contribution is 2.55. The predicted molar refractivity (Wildman–Crippen MR) is 112 cm³/mol. The lowest BCUT2D eigenvalue weighted by Crippen LogP contribution is -2.26.